The molecule has 2 aromatic rings. The highest BCUT2D eigenvalue weighted by atomic mass is 16.3. The van der Waals surface area contributed by atoms with Gasteiger partial charge in [-0.05, 0) is 17.7 Å². The molecule has 8 heteroatoms. The molecule has 0 saturated carbocycles. The average Bonchev–Trinajstić information content (AvgIpc) is 2.97. The van der Waals surface area contributed by atoms with Crippen molar-refractivity contribution in [1.29, 1.82) is 0 Å². The van der Waals surface area contributed by atoms with E-state index in [1.165, 1.54) is 12.1 Å². The maximum Gasteiger partial charge on any atom is 0.226 e. The third-order valence-corrected chi connectivity index (χ3v) is 3.17. The van der Waals surface area contributed by atoms with Gasteiger partial charge in [-0.15, -0.1) is 10.2 Å². The van der Waals surface area contributed by atoms with E-state index in [0.717, 1.165) is 0 Å². The van der Waals surface area contributed by atoms with E-state index in [1.807, 2.05) is 6.92 Å². The Hall–Kier alpha value is -2.64. The van der Waals surface area contributed by atoms with Crippen LogP contribution < -0.4 is 0 Å². The van der Waals surface area contributed by atoms with Crippen molar-refractivity contribution in [3.8, 4) is 11.5 Å². The maximum atomic E-state index is 12.1. The molecule has 0 aliphatic carbocycles. The molecular weight excluding hydrogens is 274 g/mol. The number of carbonyl (C=O) groups excluding carboxylic acids is 1. The minimum absolute atomic E-state index is 0.0362. The molecular formula is C13H17N5O3. The van der Waals surface area contributed by atoms with Crippen LogP contribution in [-0.4, -0.2) is 55.2 Å². The van der Waals surface area contributed by atoms with Crippen LogP contribution in [0.4, 0.5) is 0 Å². The second-order valence-electron chi connectivity index (χ2n) is 4.95. The zero-order valence-electron chi connectivity index (χ0n) is 11.8. The molecule has 1 aromatic carbocycles. The molecule has 2 rings (SSSR count). The van der Waals surface area contributed by atoms with Crippen LogP contribution in [-0.2, 0) is 11.2 Å². The Morgan fingerprint density at radius 2 is 2.14 bits per heavy atom. The summed E-state index contributed by atoms with van der Waals surface area (Å²) in [6.07, 6.45) is 0.142. The quantitative estimate of drug-likeness (QED) is 0.687. The number of rotatable bonds is 5. The highest BCUT2D eigenvalue weighted by Crippen LogP contribution is 2.25. The summed E-state index contributed by atoms with van der Waals surface area (Å²) in [5, 5.41) is 32.3. The number of nitrogens with one attached hydrogen (secondary N) is 1. The topological polar surface area (TPSA) is 115 Å². The zero-order chi connectivity index (χ0) is 15.4. The van der Waals surface area contributed by atoms with Gasteiger partial charge in [0.1, 0.15) is 0 Å². The first-order chi connectivity index (χ1) is 9.97. The zero-order valence-corrected chi connectivity index (χ0v) is 11.8. The smallest absolute Gasteiger partial charge is 0.226 e. The number of benzene rings is 1. The second kappa shape index (κ2) is 6.21. The molecule has 0 spiro atoms. The van der Waals surface area contributed by atoms with E-state index in [9.17, 15) is 15.0 Å². The van der Waals surface area contributed by atoms with Crippen molar-refractivity contribution in [2.24, 2.45) is 0 Å². The Kier molecular flexibility index (Phi) is 4.36. The van der Waals surface area contributed by atoms with E-state index in [0.29, 0.717) is 17.9 Å². The van der Waals surface area contributed by atoms with E-state index >= 15 is 0 Å². The highest BCUT2D eigenvalue weighted by Gasteiger charge is 2.17. The monoisotopic (exact) mass is 291 g/mol. The van der Waals surface area contributed by atoms with E-state index < -0.39 is 0 Å². The summed E-state index contributed by atoms with van der Waals surface area (Å²) >= 11 is 0. The molecule has 0 aliphatic heterocycles. The molecule has 21 heavy (non-hydrogen) atoms. The minimum atomic E-state index is -0.233. The summed E-state index contributed by atoms with van der Waals surface area (Å²) in [6, 6.07) is 4.34. The van der Waals surface area contributed by atoms with Crippen molar-refractivity contribution in [2.75, 3.05) is 13.6 Å². The van der Waals surface area contributed by atoms with Crippen molar-refractivity contribution in [3.63, 3.8) is 0 Å². The van der Waals surface area contributed by atoms with E-state index in [1.54, 1.807) is 18.0 Å². The molecule has 1 amide bonds. The first kappa shape index (κ1) is 14.8. The van der Waals surface area contributed by atoms with Crippen molar-refractivity contribution in [2.45, 2.75) is 19.3 Å². The van der Waals surface area contributed by atoms with Crippen LogP contribution in [0, 0.1) is 0 Å². The summed E-state index contributed by atoms with van der Waals surface area (Å²) in [4.78, 5) is 13.7. The molecule has 112 valence electrons. The van der Waals surface area contributed by atoms with E-state index in [2.05, 4.69) is 20.6 Å². The number of aromatic nitrogens is 4. The Labute approximate surface area is 121 Å². The first-order valence-electron chi connectivity index (χ1n) is 6.45. The summed E-state index contributed by atoms with van der Waals surface area (Å²) in [5.41, 5.74) is 0.634. The van der Waals surface area contributed by atoms with E-state index in [-0.39, 0.29) is 29.7 Å². The van der Waals surface area contributed by atoms with Gasteiger partial charge in [0.25, 0.3) is 0 Å². The van der Waals surface area contributed by atoms with E-state index in [4.69, 9.17) is 0 Å². The molecule has 1 aromatic heterocycles. The molecule has 8 nitrogen and oxygen atoms in total. The molecule has 3 N–H and O–H groups in total. The Morgan fingerprint density at radius 3 is 2.76 bits per heavy atom. The molecule has 0 radical (unpaired) electrons. The fourth-order valence-electron chi connectivity index (χ4n) is 1.96. The molecule has 0 bridgehead atoms. The van der Waals surface area contributed by atoms with Gasteiger partial charge in [-0.3, -0.25) is 4.79 Å². The van der Waals surface area contributed by atoms with Crippen molar-refractivity contribution < 1.29 is 15.0 Å². The largest absolute Gasteiger partial charge is 0.504 e. The predicted octanol–water partition coefficient (Wildman–Crippen LogP) is 0.415. The molecule has 0 aliphatic rings. The Bertz CT molecular complexity index is 614. The van der Waals surface area contributed by atoms with Gasteiger partial charge in [-0.2, -0.15) is 5.21 Å². The molecule has 0 fully saturated rings. The summed E-state index contributed by atoms with van der Waals surface area (Å²) < 4.78 is 0. The number of H-pyrrole nitrogens is 1. The van der Waals surface area contributed by atoms with Crippen LogP contribution in [0.3, 0.4) is 0 Å². The second-order valence-corrected chi connectivity index (χ2v) is 4.95. The fourth-order valence-corrected chi connectivity index (χ4v) is 1.96. The lowest BCUT2D eigenvalue weighted by Gasteiger charge is -2.20. The fraction of sp³-hybridized carbons (Fsp3) is 0.385. The van der Waals surface area contributed by atoms with Gasteiger partial charge < -0.3 is 15.1 Å². The van der Waals surface area contributed by atoms with Gasteiger partial charge in [-0.25, -0.2) is 0 Å². The number of phenolic OH excluding ortho intramolecular Hbond substituents is 2. The standard InChI is InChI=1S/C13H17N5O3/c1-8(13-14-16-17-15-13)7-18(2)12(21)6-9-3-4-10(19)11(20)5-9/h3-5,8,19-20H,6-7H2,1-2H3,(H,14,15,16,17). The summed E-state index contributed by atoms with van der Waals surface area (Å²) in [7, 11) is 1.69. The van der Waals surface area contributed by atoms with Crippen LogP contribution in [0.1, 0.15) is 24.2 Å². The Balaban J connectivity index is 1.94. The van der Waals surface area contributed by atoms with Gasteiger partial charge in [0.05, 0.1) is 6.42 Å². The predicted molar refractivity (Wildman–Crippen MR) is 73.7 cm³/mol. The number of aromatic hydroxyl groups is 2. The van der Waals surface area contributed by atoms with Gasteiger partial charge in [0, 0.05) is 19.5 Å². The summed E-state index contributed by atoms with van der Waals surface area (Å²) in [6.45, 7) is 2.36. The van der Waals surface area contributed by atoms with Crippen molar-refractivity contribution in [1.82, 2.24) is 25.5 Å². The number of tetrazole rings is 1. The number of aromatic amines is 1. The van der Waals surface area contributed by atoms with Crippen molar-refractivity contribution in [3.05, 3.63) is 29.6 Å². The highest BCUT2D eigenvalue weighted by molar-refractivity contribution is 5.78. The van der Waals surface area contributed by atoms with Gasteiger partial charge >= 0.3 is 0 Å². The number of nitrogens with zero attached hydrogens (tertiary/aromatic N) is 4. The lowest BCUT2D eigenvalue weighted by molar-refractivity contribution is -0.129. The molecule has 1 atom stereocenters. The van der Waals surface area contributed by atoms with Gasteiger partial charge in [-0.1, -0.05) is 18.2 Å². The van der Waals surface area contributed by atoms with Gasteiger partial charge in [0.15, 0.2) is 17.3 Å². The first-order valence-corrected chi connectivity index (χ1v) is 6.45. The third-order valence-electron chi connectivity index (χ3n) is 3.17. The van der Waals surface area contributed by atoms with Crippen LogP contribution in [0.25, 0.3) is 0 Å². The number of phenols is 2. The number of amides is 1. The number of carbonyl (C=O) groups is 1. The van der Waals surface area contributed by atoms with Gasteiger partial charge in [0.2, 0.25) is 5.91 Å². The molecule has 1 heterocycles. The normalized spacial score (nSPS) is 12.1. The number of hydrogen-bond acceptors (Lipinski definition) is 6. The third kappa shape index (κ3) is 3.68. The van der Waals surface area contributed by atoms with Crippen LogP contribution in [0.5, 0.6) is 11.5 Å². The average molecular weight is 291 g/mol. The van der Waals surface area contributed by atoms with Crippen LogP contribution in [0.2, 0.25) is 0 Å². The SMILES string of the molecule is CC(CN(C)C(=O)Cc1ccc(O)c(O)c1)c1nn[nH]n1. The minimum Gasteiger partial charge on any atom is -0.504 e. The molecule has 1 unspecified atom stereocenters. The van der Waals surface area contributed by atoms with Crippen LogP contribution in [0.15, 0.2) is 18.2 Å². The maximum absolute atomic E-state index is 12.1. The number of hydrogen-bond donors (Lipinski definition) is 3. The lowest BCUT2D eigenvalue weighted by Crippen LogP contribution is -2.31. The Morgan fingerprint density at radius 1 is 1.38 bits per heavy atom. The molecule has 0 saturated heterocycles. The number of likely N-dealkylation sites (N-methyl/N-ethyl adjacent to an activating group) is 1. The lowest BCUT2D eigenvalue weighted by atomic mass is 10.1. The summed E-state index contributed by atoms with van der Waals surface area (Å²) in [5.74, 6) is -0.0216. The van der Waals surface area contributed by atoms with Crippen LogP contribution >= 0.6 is 0 Å². The van der Waals surface area contributed by atoms with Crippen molar-refractivity contribution >= 4 is 5.91 Å².